The molecule has 7 nitrogen and oxygen atoms in total. The van der Waals surface area contributed by atoms with E-state index in [2.05, 4.69) is 16.6 Å². The fourth-order valence-electron chi connectivity index (χ4n) is 3.52. The van der Waals surface area contributed by atoms with Crippen LogP contribution in [0, 0.1) is 12.3 Å². The summed E-state index contributed by atoms with van der Waals surface area (Å²) in [5.41, 5.74) is 1.14. The van der Waals surface area contributed by atoms with Gasteiger partial charge in [-0.25, -0.2) is 4.79 Å². The van der Waals surface area contributed by atoms with Gasteiger partial charge in [-0.3, -0.25) is 9.59 Å². The number of alkyl carbamates (subject to hydrolysis) is 1. The molecule has 0 bridgehead atoms. The number of carbonyl (C=O) groups excluding carboxylic acids is 3. The van der Waals surface area contributed by atoms with Crippen molar-refractivity contribution in [2.24, 2.45) is 0 Å². The Morgan fingerprint density at radius 2 is 1.66 bits per heavy atom. The molecule has 0 aliphatic heterocycles. The van der Waals surface area contributed by atoms with Gasteiger partial charge in [0.1, 0.15) is 18.2 Å². The van der Waals surface area contributed by atoms with Gasteiger partial charge in [0, 0.05) is 18.3 Å². The van der Waals surface area contributed by atoms with Crippen molar-refractivity contribution in [2.45, 2.75) is 32.4 Å². The van der Waals surface area contributed by atoms with Crippen molar-refractivity contribution in [2.75, 3.05) is 18.9 Å². The number of nitrogens with one attached hydrogen (secondary N) is 2. The van der Waals surface area contributed by atoms with Gasteiger partial charge in [0.05, 0.1) is 0 Å². The van der Waals surface area contributed by atoms with Gasteiger partial charge in [0.25, 0.3) is 5.91 Å². The molecule has 3 aromatic rings. The summed E-state index contributed by atoms with van der Waals surface area (Å²) in [7, 11) is 1.51. The van der Waals surface area contributed by atoms with Gasteiger partial charge in [-0.15, -0.1) is 6.42 Å². The van der Waals surface area contributed by atoms with Crippen molar-refractivity contribution in [1.29, 1.82) is 0 Å². The normalized spacial score (nSPS) is 11.7. The van der Waals surface area contributed by atoms with Crippen molar-refractivity contribution >= 4 is 34.4 Å². The number of amides is 3. The SMILES string of the molecule is C#Cc1ccc(C(C(=O)Nc2ccc3ccccc3c2)N(C)C(=O)CNC(=O)OC(C)(C)C)cc1. The highest BCUT2D eigenvalue weighted by molar-refractivity contribution is 6.00. The summed E-state index contributed by atoms with van der Waals surface area (Å²) in [6.45, 7) is 4.86. The van der Waals surface area contributed by atoms with E-state index in [0.717, 1.165) is 10.8 Å². The number of terminal acetylenes is 1. The maximum Gasteiger partial charge on any atom is 0.408 e. The smallest absolute Gasteiger partial charge is 0.408 e. The molecule has 0 aliphatic carbocycles. The molecule has 35 heavy (non-hydrogen) atoms. The van der Waals surface area contributed by atoms with Crippen LogP contribution in [0.5, 0.6) is 0 Å². The van der Waals surface area contributed by atoms with E-state index in [1.54, 1.807) is 45.0 Å². The molecule has 3 amide bonds. The lowest BCUT2D eigenvalue weighted by Crippen LogP contribution is -2.44. The fraction of sp³-hybridized carbons (Fsp3) is 0.250. The highest BCUT2D eigenvalue weighted by atomic mass is 16.6. The molecule has 0 heterocycles. The second kappa shape index (κ2) is 10.7. The predicted molar refractivity (Wildman–Crippen MR) is 137 cm³/mol. The van der Waals surface area contributed by atoms with E-state index in [1.807, 2.05) is 42.5 Å². The summed E-state index contributed by atoms with van der Waals surface area (Å²) >= 11 is 0. The summed E-state index contributed by atoms with van der Waals surface area (Å²) in [5, 5.41) is 7.38. The molecule has 3 rings (SSSR count). The third kappa shape index (κ3) is 6.84. The molecule has 0 spiro atoms. The number of carbonyl (C=O) groups is 3. The monoisotopic (exact) mass is 471 g/mol. The summed E-state index contributed by atoms with van der Waals surface area (Å²) < 4.78 is 5.18. The van der Waals surface area contributed by atoms with Crippen LogP contribution in [0.2, 0.25) is 0 Å². The lowest BCUT2D eigenvalue weighted by Gasteiger charge is -2.28. The first kappa shape index (κ1) is 25.3. The van der Waals surface area contributed by atoms with E-state index >= 15 is 0 Å². The lowest BCUT2D eigenvalue weighted by molar-refractivity contribution is -0.136. The standard InChI is InChI=1S/C28H29N3O4/c1-6-19-11-13-21(14-12-19)25(31(5)24(32)18-29-27(34)35-28(2,3)4)26(33)30-23-16-15-20-9-7-8-10-22(20)17-23/h1,7-17,25H,18H2,2-5H3,(H,29,34)(H,30,33). The molecule has 1 unspecified atom stereocenters. The van der Waals surface area contributed by atoms with E-state index in [1.165, 1.54) is 11.9 Å². The Hall–Kier alpha value is -4.31. The summed E-state index contributed by atoms with van der Waals surface area (Å²) in [6.07, 6.45) is 4.74. The third-order valence-corrected chi connectivity index (χ3v) is 5.22. The molecule has 0 saturated carbocycles. The minimum Gasteiger partial charge on any atom is -0.444 e. The van der Waals surface area contributed by atoms with E-state index in [0.29, 0.717) is 16.8 Å². The molecular weight excluding hydrogens is 442 g/mol. The van der Waals surface area contributed by atoms with Gasteiger partial charge in [0.2, 0.25) is 5.91 Å². The van der Waals surface area contributed by atoms with E-state index in [4.69, 9.17) is 11.2 Å². The number of rotatable bonds is 6. The zero-order valence-corrected chi connectivity index (χ0v) is 20.3. The van der Waals surface area contributed by atoms with Gasteiger partial charge in [0.15, 0.2) is 0 Å². The van der Waals surface area contributed by atoms with Crippen LogP contribution in [-0.2, 0) is 14.3 Å². The Labute approximate surface area is 205 Å². The zero-order valence-electron chi connectivity index (χ0n) is 20.3. The quantitative estimate of drug-likeness (QED) is 0.519. The first-order chi connectivity index (χ1) is 16.6. The molecule has 1 atom stereocenters. The van der Waals surface area contributed by atoms with Crippen molar-refractivity contribution in [1.82, 2.24) is 10.2 Å². The van der Waals surface area contributed by atoms with Gasteiger partial charge >= 0.3 is 6.09 Å². The van der Waals surface area contributed by atoms with Crippen LogP contribution in [0.1, 0.15) is 37.9 Å². The molecule has 180 valence electrons. The van der Waals surface area contributed by atoms with E-state index in [-0.39, 0.29) is 6.54 Å². The van der Waals surface area contributed by atoms with Gasteiger partial charge in [-0.2, -0.15) is 0 Å². The first-order valence-corrected chi connectivity index (χ1v) is 11.2. The highest BCUT2D eigenvalue weighted by Gasteiger charge is 2.29. The Morgan fingerprint density at radius 1 is 1.00 bits per heavy atom. The van der Waals surface area contributed by atoms with Crippen molar-refractivity contribution < 1.29 is 19.1 Å². The summed E-state index contributed by atoms with van der Waals surface area (Å²) in [5.74, 6) is 1.68. The van der Waals surface area contributed by atoms with Crippen LogP contribution in [0.3, 0.4) is 0 Å². The minimum absolute atomic E-state index is 0.326. The minimum atomic E-state index is -0.957. The molecule has 0 fully saturated rings. The van der Waals surface area contributed by atoms with Crippen LogP contribution in [0.25, 0.3) is 10.8 Å². The lowest BCUT2D eigenvalue weighted by atomic mass is 10.0. The second-order valence-corrected chi connectivity index (χ2v) is 9.08. The van der Waals surface area contributed by atoms with E-state index < -0.39 is 29.6 Å². The Kier molecular flexibility index (Phi) is 7.77. The fourth-order valence-corrected chi connectivity index (χ4v) is 3.52. The molecule has 3 aromatic carbocycles. The Morgan fingerprint density at radius 3 is 2.29 bits per heavy atom. The van der Waals surface area contributed by atoms with E-state index in [9.17, 15) is 14.4 Å². The number of ether oxygens (including phenoxy) is 1. The zero-order chi connectivity index (χ0) is 25.6. The summed E-state index contributed by atoms with van der Waals surface area (Å²) in [4.78, 5) is 39.6. The van der Waals surface area contributed by atoms with Gasteiger partial charge in [-0.1, -0.05) is 48.4 Å². The number of hydrogen-bond donors (Lipinski definition) is 2. The molecular formula is C28H29N3O4. The number of benzene rings is 3. The Bertz CT molecular complexity index is 1270. The number of hydrogen-bond acceptors (Lipinski definition) is 4. The second-order valence-electron chi connectivity index (χ2n) is 9.08. The first-order valence-electron chi connectivity index (χ1n) is 11.2. The van der Waals surface area contributed by atoms with Gasteiger partial charge in [-0.05, 0) is 61.4 Å². The molecule has 2 N–H and O–H groups in total. The average Bonchev–Trinajstić information content (AvgIpc) is 2.82. The molecule has 0 aliphatic rings. The van der Waals surface area contributed by atoms with Crippen molar-refractivity contribution in [3.63, 3.8) is 0 Å². The number of likely N-dealkylation sites (N-methyl/N-ethyl adjacent to an activating group) is 1. The number of anilines is 1. The molecule has 0 saturated heterocycles. The molecule has 0 aromatic heterocycles. The molecule has 0 radical (unpaired) electrons. The topological polar surface area (TPSA) is 87.7 Å². The van der Waals surface area contributed by atoms with Crippen LogP contribution < -0.4 is 10.6 Å². The number of fused-ring (bicyclic) bond motifs is 1. The largest absolute Gasteiger partial charge is 0.444 e. The van der Waals surface area contributed by atoms with Crippen LogP contribution in [0.4, 0.5) is 10.5 Å². The highest BCUT2D eigenvalue weighted by Crippen LogP contribution is 2.24. The number of nitrogens with zero attached hydrogens (tertiary/aromatic N) is 1. The summed E-state index contributed by atoms with van der Waals surface area (Å²) in [6, 6.07) is 19.3. The van der Waals surface area contributed by atoms with Crippen LogP contribution in [-0.4, -0.2) is 42.0 Å². The molecule has 7 heteroatoms. The van der Waals surface area contributed by atoms with Crippen LogP contribution >= 0.6 is 0 Å². The van der Waals surface area contributed by atoms with Crippen molar-refractivity contribution in [3.8, 4) is 12.3 Å². The maximum atomic E-state index is 13.4. The van der Waals surface area contributed by atoms with Crippen molar-refractivity contribution in [3.05, 3.63) is 77.9 Å². The average molecular weight is 472 g/mol. The predicted octanol–water partition coefficient (Wildman–Crippen LogP) is 4.48. The Balaban J connectivity index is 1.82. The van der Waals surface area contributed by atoms with Crippen LogP contribution in [0.15, 0.2) is 66.7 Å². The third-order valence-electron chi connectivity index (χ3n) is 5.22. The van der Waals surface area contributed by atoms with Gasteiger partial charge < -0.3 is 20.3 Å². The maximum absolute atomic E-state index is 13.4.